The predicted octanol–water partition coefficient (Wildman–Crippen LogP) is 2.50. The molecule has 3 aromatic heterocycles. The van der Waals surface area contributed by atoms with E-state index in [9.17, 15) is 10.0 Å². The average Bonchev–Trinajstić information content (AvgIpc) is 2.98. The molecule has 0 spiro atoms. The molecule has 218 valence electrons. The van der Waals surface area contributed by atoms with Gasteiger partial charge in [-0.1, -0.05) is 16.9 Å². The molecule has 12 heteroatoms. The number of ether oxygens (including phenoxy) is 1. The zero-order chi connectivity index (χ0) is 29.0. The van der Waals surface area contributed by atoms with Crippen LogP contribution >= 0.6 is 0 Å². The molecule has 1 atom stereocenters. The number of nitrogen functional groups attached to an aromatic ring is 1. The molecule has 0 aliphatic carbocycles. The number of aromatic nitrogens is 4. The number of anilines is 3. The van der Waals surface area contributed by atoms with Gasteiger partial charge in [0.1, 0.15) is 18.5 Å². The van der Waals surface area contributed by atoms with Crippen molar-refractivity contribution in [3.05, 3.63) is 59.8 Å². The summed E-state index contributed by atoms with van der Waals surface area (Å²) < 4.78 is 6.58. The van der Waals surface area contributed by atoms with E-state index in [-0.39, 0.29) is 23.0 Å². The Bertz CT molecular complexity index is 1310. The summed E-state index contributed by atoms with van der Waals surface area (Å²) in [6, 6.07) is 9.29. The zero-order valence-corrected chi connectivity index (χ0v) is 23.6. The van der Waals surface area contributed by atoms with Gasteiger partial charge in [0.15, 0.2) is 17.2 Å². The van der Waals surface area contributed by atoms with E-state index >= 15 is 0 Å². The third-order valence-electron chi connectivity index (χ3n) is 7.14. The number of rotatable bonds is 16. The Kier molecular flexibility index (Phi) is 10.8. The van der Waals surface area contributed by atoms with Crippen LogP contribution in [0.4, 0.5) is 17.3 Å². The lowest BCUT2D eigenvalue weighted by Crippen LogP contribution is -2.42. The molecule has 0 unspecified atom stereocenters. The van der Waals surface area contributed by atoms with Crippen molar-refractivity contribution in [3.8, 4) is 5.88 Å². The molecule has 0 amide bonds. The van der Waals surface area contributed by atoms with Crippen molar-refractivity contribution in [1.29, 1.82) is 5.41 Å². The molecular formula is C29H40N9O3+. The maximum Gasteiger partial charge on any atom is 0.287 e. The van der Waals surface area contributed by atoms with Gasteiger partial charge in [-0.2, -0.15) is 0 Å². The quantitative estimate of drug-likeness (QED) is 0.0757. The first-order valence-electron chi connectivity index (χ1n) is 14.1. The Morgan fingerprint density at radius 1 is 1.27 bits per heavy atom. The number of fused-ring (bicyclic) bond motifs is 1. The molecule has 0 fully saturated rings. The number of carbonyl (C=O) groups is 1. The summed E-state index contributed by atoms with van der Waals surface area (Å²) in [5, 5.41) is 24.2. The minimum atomic E-state index is -0.594. The lowest BCUT2D eigenvalue weighted by Gasteiger charge is -2.24. The van der Waals surface area contributed by atoms with E-state index in [0.29, 0.717) is 32.0 Å². The molecule has 1 aliphatic heterocycles. The molecular weight excluding hydrogens is 522 g/mol. The number of nitrogens with one attached hydrogen (secondary N) is 3. The lowest BCUT2D eigenvalue weighted by molar-refractivity contribution is -0.895. The van der Waals surface area contributed by atoms with Gasteiger partial charge in [-0.25, -0.2) is 9.97 Å². The molecule has 4 rings (SSSR count). The first-order valence-corrected chi connectivity index (χ1v) is 14.1. The lowest BCUT2D eigenvalue weighted by atomic mass is 10.1. The van der Waals surface area contributed by atoms with E-state index in [2.05, 4.69) is 37.6 Å². The number of aryl methyl sites for hydroxylation is 2. The minimum Gasteiger partial charge on any atom is -0.476 e. The molecule has 1 aliphatic rings. The van der Waals surface area contributed by atoms with Crippen LogP contribution in [0.3, 0.4) is 0 Å². The molecule has 41 heavy (non-hydrogen) atoms. The highest BCUT2D eigenvalue weighted by Gasteiger charge is 2.25. The summed E-state index contributed by atoms with van der Waals surface area (Å²) in [7, 11) is 0. The summed E-state index contributed by atoms with van der Waals surface area (Å²) in [5.41, 5.74) is 8.77. The second-order valence-electron chi connectivity index (χ2n) is 10.1. The van der Waals surface area contributed by atoms with Crippen molar-refractivity contribution < 1.29 is 19.5 Å². The fraction of sp³-hybridized carbons (Fsp3) is 0.448. The number of nitrogens with two attached hydrogens (primary N) is 1. The van der Waals surface area contributed by atoms with Crippen LogP contribution in [0.2, 0.25) is 0 Å². The predicted molar refractivity (Wildman–Crippen MR) is 157 cm³/mol. The monoisotopic (exact) mass is 562 g/mol. The topological polar surface area (TPSA) is 166 Å². The molecule has 0 radical (unpaired) electrons. The third-order valence-corrected chi connectivity index (χ3v) is 7.14. The normalized spacial score (nSPS) is 13.2. The highest BCUT2D eigenvalue weighted by Crippen LogP contribution is 2.21. The van der Waals surface area contributed by atoms with Gasteiger partial charge in [0, 0.05) is 44.0 Å². The van der Waals surface area contributed by atoms with Crippen LogP contribution in [0.5, 0.6) is 5.88 Å². The fourth-order valence-corrected chi connectivity index (χ4v) is 4.80. The van der Waals surface area contributed by atoms with Crippen molar-refractivity contribution in [2.45, 2.75) is 51.5 Å². The Hall–Kier alpha value is -4.32. The third kappa shape index (κ3) is 8.58. The summed E-state index contributed by atoms with van der Waals surface area (Å²) in [6.45, 7) is 5.06. The van der Waals surface area contributed by atoms with Gasteiger partial charge < -0.3 is 26.4 Å². The molecule has 0 saturated heterocycles. The van der Waals surface area contributed by atoms with Crippen LogP contribution in [0.25, 0.3) is 0 Å². The van der Waals surface area contributed by atoms with Crippen LogP contribution in [0.15, 0.2) is 42.9 Å². The number of nitrogens with zero attached hydrogens (tertiary/aromatic N) is 5. The number of Topliss-reactive ketones (excluding diaryl/α,β-unsaturated/α-hetero) is 1. The summed E-state index contributed by atoms with van der Waals surface area (Å²) in [5.74, 6) is 1.65. The maximum absolute atomic E-state index is 12.5. The average molecular weight is 563 g/mol. The zero-order valence-electron chi connectivity index (χ0n) is 23.6. The van der Waals surface area contributed by atoms with E-state index in [0.717, 1.165) is 74.0 Å². The smallest absolute Gasteiger partial charge is 0.287 e. The SMILES string of the molecule is CC(=O)[C@H](CCN(CCCCc1ccc2c(n1)NCCC2)CCOc1ccccn1)Nc1c(N)c(C=N)nc[n+]1O. The fourth-order valence-electron chi connectivity index (χ4n) is 4.80. The second-order valence-corrected chi connectivity index (χ2v) is 10.1. The van der Waals surface area contributed by atoms with Crippen LogP contribution in [0.1, 0.15) is 49.6 Å². The van der Waals surface area contributed by atoms with Crippen LogP contribution < -0.4 is 25.8 Å². The summed E-state index contributed by atoms with van der Waals surface area (Å²) in [6.07, 6.45) is 9.41. The van der Waals surface area contributed by atoms with E-state index in [4.69, 9.17) is 20.9 Å². The standard InChI is InChI=1S/C29H39N9O3/c1-21(39)24(36-29-27(31)25(19-30)34-20-38(29)40)12-16-37(17-18-41-26-9-2-4-13-32-26)15-5-3-8-23-11-10-22-7-6-14-33-28(22)35-23/h2,4,9-11,13,19-20,24,40H,3,5-8,12,14-18H2,1H3,(H4,30,31,33,35)/p+1/t24-/m0/s1. The molecule has 0 bridgehead atoms. The summed E-state index contributed by atoms with van der Waals surface area (Å²) in [4.78, 5) is 27.8. The van der Waals surface area contributed by atoms with Crippen molar-refractivity contribution in [2.75, 3.05) is 49.2 Å². The van der Waals surface area contributed by atoms with E-state index in [1.807, 2.05) is 18.2 Å². The number of unbranched alkanes of at least 4 members (excludes halogenated alkanes) is 1. The Morgan fingerprint density at radius 2 is 2.15 bits per heavy atom. The first kappa shape index (κ1) is 29.7. The van der Waals surface area contributed by atoms with Gasteiger partial charge in [-0.15, -0.1) is 4.98 Å². The Morgan fingerprint density at radius 3 is 2.93 bits per heavy atom. The number of hydrogen-bond donors (Lipinski definition) is 5. The number of pyridine rings is 2. The van der Waals surface area contributed by atoms with Crippen molar-refractivity contribution in [3.63, 3.8) is 0 Å². The first-order chi connectivity index (χ1) is 19.9. The Labute approximate surface area is 240 Å². The second kappa shape index (κ2) is 14.9. The maximum atomic E-state index is 12.5. The summed E-state index contributed by atoms with van der Waals surface area (Å²) >= 11 is 0. The molecule has 3 aromatic rings. The number of carbonyl (C=O) groups excluding carboxylic acids is 1. The Balaban J connectivity index is 1.34. The highest BCUT2D eigenvalue weighted by molar-refractivity contribution is 5.88. The van der Waals surface area contributed by atoms with Gasteiger partial charge in [0.2, 0.25) is 5.88 Å². The van der Waals surface area contributed by atoms with Gasteiger partial charge in [-0.3, -0.25) is 15.0 Å². The van der Waals surface area contributed by atoms with Gasteiger partial charge in [-0.05, 0) is 63.3 Å². The highest BCUT2D eigenvalue weighted by atomic mass is 16.5. The van der Waals surface area contributed by atoms with Crippen LogP contribution in [-0.4, -0.2) is 75.9 Å². The van der Waals surface area contributed by atoms with Crippen molar-refractivity contribution in [2.24, 2.45) is 0 Å². The molecule has 0 aromatic carbocycles. The number of ketones is 1. The van der Waals surface area contributed by atoms with Crippen molar-refractivity contribution >= 4 is 29.3 Å². The van der Waals surface area contributed by atoms with E-state index in [1.54, 1.807) is 6.20 Å². The number of hydrogen-bond acceptors (Lipinski definition) is 11. The molecule has 4 heterocycles. The molecule has 6 N–H and O–H groups in total. The molecule has 0 saturated carbocycles. The van der Waals surface area contributed by atoms with Gasteiger partial charge >= 0.3 is 0 Å². The van der Waals surface area contributed by atoms with Crippen LogP contribution in [0, 0.1) is 5.41 Å². The van der Waals surface area contributed by atoms with Crippen molar-refractivity contribution in [1.82, 2.24) is 19.9 Å². The largest absolute Gasteiger partial charge is 0.476 e. The van der Waals surface area contributed by atoms with E-state index in [1.165, 1.54) is 12.5 Å². The van der Waals surface area contributed by atoms with E-state index < -0.39 is 6.04 Å². The minimum absolute atomic E-state index is 0.0885. The van der Waals surface area contributed by atoms with Gasteiger partial charge in [0.05, 0.1) is 6.21 Å². The van der Waals surface area contributed by atoms with Crippen LogP contribution in [-0.2, 0) is 17.6 Å². The van der Waals surface area contributed by atoms with Gasteiger partial charge in [0.25, 0.3) is 12.1 Å². The molecule has 12 nitrogen and oxygen atoms in total.